The zero-order valence-corrected chi connectivity index (χ0v) is 20.3. The number of amides is 1. The molecule has 1 fully saturated rings. The van der Waals surface area contributed by atoms with Crippen LogP contribution in [-0.2, 0) is 21.2 Å². The van der Waals surface area contributed by atoms with Gasteiger partial charge in [-0.25, -0.2) is 13.1 Å². The highest BCUT2D eigenvalue weighted by Gasteiger charge is 2.36. The number of hydrogen-bond acceptors (Lipinski definition) is 4. The summed E-state index contributed by atoms with van der Waals surface area (Å²) in [6, 6.07) is 8.70. The van der Waals surface area contributed by atoms with Crippen molar-refractivity contribution in [3.8, 4) is 5.75 Å². The highest BCUT2D eigenvalue weighted by atomic mass is 32.2. The molecule has 2 aliphatic rings. The van der Waals surface area contributed by atoms with E-state index in [1.54, 1.807) is 25.3 Å². The lowest BCUT2D eigenvalue weighted by molar-refractivity contribution is -0.119. The monoisotopic (exact) mass is 456 g/mol. The Morgan fingerprint density at radius 2 is 1.84 bits per heavy atom. The minimum Gasteiger partial charge on any atom is -0.496 e. The highest BCUT2D eigenvalue weighted by Crippen LogP contribution is 2.37. The van der Waals surface area contributed by atoms with Gasteiger partial charge in [0.1, 0.15) is 5.75 Å². The van der Waals surface area contributed by atoms with Crippen LogP contribution in [0.1, 0.15) is 67.8 Å². The maximum atomic E-state index is 13.2. The Labute approximate surface area is 191 Å². The molecule has 32 heavy (non-hydrogen) atoms. The Hall–Kier alpha value is -2.38. The van der Waals surface area contributed by atoms with E-state index >= 15 is 0 Å². The van der Waals surface area contributed by atoms with Crippen LogP contribution in [0.25, 0.3) is 0 Å². The highest BCUT2D eigenvalue weighted by molar-refractivity contribution is 7.89. The van der Waals surface area contributed by atoms with Crippen LogP contribution >= 0.6 is 0 Å². The molecule has 1 N–H and O–H groups in total. The van der Waals surface area contributed by atoms with Gasteiger partial charge in [-0.2, -0.15) is 0 Å². The van der Waals surface area contributed by atoms with Crippen LogP contribution in [0.2, 0.25) is 0 Å². The second-order valence-electron chi connectivity index (χ2n) is 9.25. The number of rotatable bonds is 7. The van der Waals surface area contributed by atoms with Gasteiger partial charge in [-0.15, -0.1) is 0 Å². The maximum Gasteiger partial charge on any atom is 0.241 e. The average molecular weight is 457 g/mol. The lowest BCUT2D eigenvalue weighted by Gasteiger charge is -2.21. The third-order valence-electron chi connectivity index (χ3n) is 6.49. The predicted molar refractivity (Wildman–Crippen MR) is 126 cm³/mol. The molecule has 172 valence electrons. The first-order valence-electron chi connectivity index (χ1n) is 11.3. The number of nitrogens with zero attached hydrogens (tertiary/aromatic N) is 1. The molecule has 0 spiro atoms. The molecule has 0 unspecified atom stereocenters. The van der Waals surface area contributed by atoms with E-state index in [-0.39, 0.29) is 22.6 Å². The zero-order chi connectivity index (χ0) is 23.2. The molecule has 0 aromatic heterocycles. The van der Waals surface area contributed by atoms with E-state index in [4.69, 9.17) is 4.74 Å². The number of fused-ring (bicyclic) bond motifs is 1. The van der Waals surface area contributed by atoms with Crippen molar-refractivity contribution in [3.05, 3.63) is 52.6 Å². The summed E-state index contributed by atoms with van der Waals surface area (Å²) in [6.45, 7) is 8.63. The summed E-state index contributed by atoms with van der Waals surface area (Å²) in [5.74, 6) is 1.39. The summed E-state index contributed by atoms with van der Waals surface area (Å²) in [7, 11) is -2.07. The minimum atomic E-state index is -3.72. The molecule has 7 heteroatoms. The largest absolute Gasteiger partial charge is 0.496 e. The molecule has 4 rings (SSSR count). The van der Waals surface area contributed by atoms with Gasteiger partial charge in [0.05, 0.1) is 12.0 Å². The van der Waals surface area contributed by atoms with Gasteiger partial charge in [0, 0.05) is 24.2 Å². The molecular formula is C25H32N2O4S. The molecular weight excluding hydrogens is 424 g/mol. The fourth-order valence-corrected chi connectivity index (χ4v) is 5.77. The van der Waals surface area contributed by atoms with Gasteiger partial charge >= 0.3 is 0 Å². The molecule has 2 aromatic rings. The number of ether oxygens (including phenoxy) is 1. The van der Waals surface area contributed by atoms with E-state index < -0.39 is 16.1 Å². The molecule has 1 aliphatic carbocycles. The van der Waals surface area contributed by atoms with Gasteiger partial charge < -0.3 is 9.64 Å². The second-order valence-corrected chi connectivity index (χ2v) is 11.0. The van der Waals surface area contributed by atoms with Gasteiger partial charge in [-0.05, 0) is 91.6 Å². The van der Waals surface area contributed by atoms with Crippen LogP contribution in [0, 0.1) is 12.8 Å². The molecule has 0 radical (unpaired) electrons. The Morgan fingerprint density at radius 1 is 1.12 bits per heavy atom. The van der Waals surface area contributed by atoms with Gasteiger partial charge in [-0.3, -0.25) is 4.79 Å². The summed E-state index contributed by atoms with van der Waals surface area (Å²) in [4.78, 5) is 14.5. The zero-order valence-electron chi connectivity index (χ0n) is 19.4. The fraction of sp³-hybridized carbons (Fsp3) is 0.480. The quantitative estimate of drug-likeness (QED) is 0.667. The van der Waals surface area contributed by atoms with E-state index in [2.05, 4.69) is 18.6 Å². The number of hydrogen-bond donors (Lipinski definition) is 1. The number of sulfonamides is 1. The first kappa shape index (κ1) is 22.8. The normalized spacial score (nSPS) is 16.9. The van der Waals surface area contributed by atoms with Gasteiger partial charge in [0.25, 0.3) is 0 Å². The van der Waals surface area contributed by atoms with Crippen LogP contribution in [0.3, 0.4) is 0 Å². The van der Waals surface area contributed by atoms with Crippen molar-refractivity contribution >= 4 is 21.6 Å². The van der Waals surface area contributed by atoms with Crippen molar-refractivity contribution in [1.82, 2.24) is 4.72 Å². The first-order valence-corrected chi connectivity index (χ1v) is 12.8. The molecule has 0 bridgehead atoms. The number of anilines is 1. The first-order chi connectivity index (χ1) is 15.1. The van der Waals surface area contributed by atoms with Crippen LogP contribution < -0.4 is 14.4 Å². The maximum absolute atomic E-state index is 13.2. The summed E-state index contributed by atoms with van der Waals surface area (Å²) in [5, 5.41) is 0. The lowest BCUT2D eigenvalue weighted by atomic mass is 9.94. The Balaban J connectivity index is 1.57. The Bertz CT molecular complexity index is 1150. The van der Waals surface area contributed by atoms with Crippen molar-refractivity contribution in [3.63, 3.8) is 0 Å². The molecule has 1 heterocycles. The Kier molecular flexibility index (Phi) is 6.07. The summed E-state index contributed by atoms with van der Waals surface area (Å²) < 4.78 is 34.7. The molecule has 1 amide bonds. The standard InChI is InChI=1S/C25H32N2O4S/c1-15(2)21-14-22(16(3)12-24(21)31-5)17(4)26-32(29,30)20-8-9-23-19(13-20)10-11-27(23)25(28)18-6-7-18/h8-9,12-15,17-18,26H,6-7,10-11H2,1-5H3/t17-/m0/s1. The summed E-state index contributed by atoms with van der Waals surface area (Å²) in [5.41, 5.74) is 4.72. The minimum absolute atomic E-state index is 0.148. The van der Waals surface area contributed by atoms with E-state index in [9.17, 15) is 13.2 Å². The van der Waals surface area contributed by atoms with Gasteiger partial charge in [0.15, 0.2) is 0 Å². The molecule has 2 aromatic carbocycles. The van der Waals surface area contributed by atoms with E-state index in [1.165, 1.54) is 0 Å². The van der Waals surface area contributed by atoms with Gasteiger partial charge in [-0.1, -0.05) is 13.8 Å². The summed E-state index contributed by atoms with van der Waals surface area (Å²) >= 11 is 0. The van der Waals surface area contributed by atoms with Crippen LogP contribution in [0.15, 0.2) is 35.2 Å². The SMILES string of the molecule is COc1cc(C)c([C@H](C)NS(=O)(=O)c2ccc3c(c2)CCN3C(=O)C2CC2)cc1C(C)C. The predicted octanol–water partition coefficient (Wildman–Crippen LogP) is 4.47. The second kappa shape index (κ2) is 8.52. The third kappa shape index (κ3) is 4.28. The van der Waals surface area contributed by atoms with Crippen LogP contribution in [0.5, 0.6) is 5.75 Å². The van der Waals surface area contributed by atoms with Crippen molar-refractivity contribution in [2.24, 2.45) is 5.92 Å². The average Bonchev–Trinajstić information content (AvgIpc) is 3.51. The third-order valence-corrected chi connectivity index (χ3v) is 8.03. The number of carbonyl (C=O) groups is 1. The number of carbonyl (C=O) groups excluding carboxylic acids is 1. The topological polar surface area (TPSA) is 75.7 Å². The molecule has 6 nitrogen and oxygen atoms in total. The number of nitrogens with one attached hydrogen (secondary N) is 1. The fourth-order valence-electron chi connectivity index (χ4n) is 4.50. The van der Waals surface area contributed by atoms with E-state index in [0.717, 1.165) is 46.5 Å². The van der Waals surface area contributed by atoms with Crippen LogP contribution in [0.4, 0.5) is 5.69 Å². The smallest absolute Gasteiger partial charge is 0.241 e. The molecule has 1 atom stereocenters. The molecule has 1 saturated carbocycles. The number of benzene rings is 2. The van der Waals surface area contributed by atoms with Crippen molar-refractivity contribution < 1.29 is 17.9 Å². The Morgan fingerprint density at radius 3 is 2.47 bits per heavy atom. The lowest BCUT2D eigenvalue weighted by Crippen LogP contribution is -2.30. The number of methoxy groups -OCH3 is 1. The summed E-state index contributed by atoms with van der Waals surface area (Å²) in [6.07, 6.45) is 2.60. The van der Waals surface area contributed by atoms with Crippen LogP contribution in [-0.4, -0.2) is 28.0 Å². The van der Waals surface area contributed by atoms with Crippen molar-refractivity contribution in [2.75, 3.05) is 18.6 Å². The van der Waals surface area contributed by atoms with E-state index in [0.29, 0.717) is 13.0 Å². The van der Waals surface area contributed by atoms with Crippen molar-refractivity contribution in [1.29, 1.82) is 0 Å². The van der Waals surface area contributed by atoms with Gasteiger partial charge in [0.2, 0.25) is 15.9 Å². The molecule has 0 saturated heterocycles. The number of aryl methyl sites for hydroxylation is 1. The van der Waals surface area contributed by atoms with Crippen molar-refractivity contribution in [2.45, 2.75) is 63.8 Å². The molecule has 1 aliphatic heterocycles. The van der Waals surface area contributed by atoms with E-state index in [1.807, 2.05) is 30.9 Å².